The van der Waals surface area contributed by atoms with Crippen molar-refractivity contribution in [3.63, 3.8) is 0 Å². The van der Waals surface area contributed by atoms with Crippen LogP contribution in [0.2, 0.25) is 0 Å². The topological polar surface area (TPSA) is 17.1 Å². The van der Waals surface area contributed by atoms with Gasteiger partial charge in [0.2, 0.25) is 0 Å². The second-order valence-electron chi connectivity index (χ2n) is 3.75. The fourth-order valence-corrected chi connectivity index (χ4v) is 1.26. The third-order valence-electron chi connectivity index (χ3n) is 1.88. The van der Waals surface area contributed by atoms with Crippen molar-refractivity contribution in [2.24, 2.45) is 0 Å². The van der Waals surface area contributed by atoms with Gasteiger partial charge in [-0.1, -0.05) is 60.7 Å². The van der Waals surface area contributed by atoms with Gasteiger partial charge in [-0.05, 0) is 18.1 Å². The van der Waals surface area contributed by atoms with Crippen molar-refractivity contribution in [3.8, 4) is 11.1 Å². The number of rotatable bonds is 1. The first-order chi connectivity index (χ1) is 9.38. The Morgan fingerprint density at radius 1 is 0.800 bits per heavy atom. The highest BCUT2D eigenvalue weighted by Crippen LogP contribution is 2.17. The highest BCUT2D eigenvalue weighted by molar-refractivity contribution is 5.62. The maximum absolute atomic E-state index is 10.4. The first-order valence-corrected chi connectivity index (χ1v) is 5.95. The predicted octanol–water partition coefficient (Wildman–Crippen LogP) is 5.13. The molecule has 2 rings (SSSR count). The normalized spacial score (nSPS) is 9.45. The van der Waals surface area contributed by atoms with E-state index in [1.165, 1.54) is 18.1 Å². The summed E-state index contributed by atoms with van der Waals surface area (Å²) in [6.45, 7) is 1.63. The van der Waals surface area contributed by atoms with E-state index in [1.807, 2.05) is 12.1 Å². The van der Waals surface area contributed by atoms with E-state index in [-0.39, 0.29) is 6.92 Å². The second-order valence-corrected chi connectivity index (χ2v) is 3.75. The minimum atomic E-state index is -4.00. The maximum Gasteiger partial charge on any atom is 0.386 e. The lowest BCUT2D eigenvalue weighted by Crippen LogP contribution is -1.95. The molecule has 0 amide bonds. The third-order valence-corrected chi connectivity index (χ3v) is 1.88. The summed E-state index contributed by atoms with van der Waals surface area (Å²) in [5.74, 6) is 0. The number of halogens is 3. The molecule has 0 atom stereocenters. The van der Waals surface area contributed by atoms with Crippen LogP contribution < -0.4 is 0 Å². The van der Waals surface area contributed by atoms with Gasteiger partial charge < -0.3 is 4.79 Å². The minimum absolute atomic E-state index is 0.188. The molecular formula is C16H17F3O. The van der Waals surface area contributed by atoms with Crippen LogP contribution in [0, 0.1) is 0 Å². The summed E-state index contributed by atoms with van der Waals surface area (Å²) in [5, 5.41) is 0. The Morgan fingerprint density at radius 2 is 1.00 bits per heavy atom. The molecular weight excluding hydrogens is 265 g/mol. The molecule has 108 valence electrons. The Bertz CT molecular complexity index is 421. The van der Waals surface area contributed by atoms with Crippen LogP contribution in [0.4, 0.5) is 13.2 Å². The van der Waals surface area contributed by atoms with E-state index >= 15 is 0 Å². The maximum atomic E-state index is 10.4. The molecule has 4 heteroatoms. The van der Waals surface area contributed by atoms with Crippen molar-refractivity contribution < 1.29 is 18.0 Å². The molecule has 0 radical (unpaired) electrons. The van der Waals surface area contributed by atoms with Crippen molar-refractivity contribution in [3.05, 3.63) is 60.7 Å². The third kappa shape index (κ3) is 11.0. The van der Waals surface area contributed by atoms with Crippen LogP contribution in [-0.4, -0.2) is 12.5 Å². The van der Waals surface area contributed by atoms with Gasteiger partial charge in [-0.3, -0.25) is 0 Å². The van der Waals surface area contributed by atoms with Crippen molar-refractivity contribution in [2.45, 2.75) is 20.0 Å². The van der Waals surface area contributed by atoms with Gasteiger partial charge in [0.25, 0.3) is 0 Å². The predicted molar refractivity (Wildman–Crippen MR) is 75.3 cm³/mol. The van der Waals surface area contributed by atoms with Crippen molar-refractivity contribution in [2.75, 3.05) is 0 Å². The Hall–Kier alpha value is -2.10. The average molecular weight is 282 g/mol. The van der Waals surface area contributed by atoms with Gasteiger partial charge in [0.05, 0.1) is 0 Å². The summed E-state index contributed by atoms with van der Waals surface area (Å²) >= 11 is 0. The summed E-state index contributed by atoms with van der Waals surface area (Å²) in [6, 6.07) is 20.8. The molecule has 0 aliphatic rings. The van der Waals surface area contributed by atoms with Crippen LogP contribution >= 0.6 is 0 Å². The van der Waals surface area contributed by atoms with Gasteiger partial charge in [0, 0.05) is 6.92 Å². The summed E-state index contributed by atoms with van der Waals surface area (Å²) in [4.78, 5) is 8.81. The second kappa shape index (κ2) is 9.78. The van der Waals surface area contributed by atoms with E-state index < -0.39 is 6.18 Å². The molecule has 0 aromatic heterocycles. The molecule has 0 heterocycles. The van der Waals surface area contributed by atoms with E-state index in [9.17, 15) is 13.2 Å². The van der Waals surface area contributed by atoms with Crippen LogP contribution in [0.5, 0.6) is 0 Å². The monoisotopic (exact) mass is 282 g/mol. The molecule has 20 heavy (non-hydrogen) atoms. The standard InChI is InChI=1S/C12H10.C2H3F3.C2H4O/c1-3-7-11(8-4-1)12-9-5-2-6-10-12;1-2(3,4)5;1-2-3/h1-10H;1H3;2H,1H3. The first-order valence-electron chi connectivity index (χ1n) is 5.95. The van der Waals surface area contributed by atoms with Gasteiger partial charge in [-0.25, -0.2) is 0 Å². The minimum Gasteiger partial charge on any atom is -0.304 e. The van der Waals surface area contributed by atoms with E-state index in [1.54, 1.807) is 0 Å². The smallest absolute Gasteiger partial charge is 0.304 e. The molecule has 0 saturated heterocycles. The number of alkyl halides is 3. The Kier molecular flexibility index (Phi) is 8.75. The molecule has 0 unspecified atom stereocenters. The van der Waals surface area contributed by atoms with Gasteiger partial charge in [-0.2, -0.15) is 13.2 Å². The molecule has 0 saturated carbocycles. The molecule has 0 bridgehead atoms. The van der Waals surface area contributed by atoms with Crippen LogP contribution in [0.3, 0.4) is 0 Å². The first kappa shape index (κ1) is 17.9. The van der Waals surface area contributed by atoms with Crippen LogP contribution in [0.15, 0.2) is 60.7 Å². The van der Waals surface area contributed by atoms with Crippen LogP contribution in [0.1, 0.15) is 13.8 Å². The molecule has 0 aliphatic carbocycles. The number of benzene rings is 2. The Balaban J connectivity index is 0.000000382. The van der Waals surface area contributed by atoms with E-state index in [0.29, 0.717) is 0 Å². The van der Waals surface area contributed by atoms with Crippen LogP contribution in [0.25, 0.3) is 11.1 Å². The molecule has 1 nitrogen and oxygen atoms in total. The molecule has 2 aromatic carbocycles. The fraction of sp³-hybridized carbons (Fsp3) is 0.188. The van der Waals surface area contributed by atoms with Crippen molar-refractivity contribution in [1.82, 2.24) is 0 Å². The molecule has 0 fully saturated rings. The van der Waals surface area contributed by atoms with E-state index in [4.69, 9.17) is 4.79 Å². The van der Waals surface area contributed by atoms with Crippen LogP contribution in [-0.2, 0) is 4.79 Å². The van der Waals surface area contributed by atoms with Gasteiger partial charge in [0.1, 0.15) is 6.29 Å². The zero-order valence-electron chi connectivity index (χ0n) is 11.4. The SMILES string of the molecule is CC(F)(F)F.CC=O.c1ccc(-c2ccccc2)cc1. The highest BCUT2D eigenvalue weighted by Gasteiger charge is 2.15. The van der Waals surface area contributed by atoms with Crippen molar-refractivity contribution in [1.29, 1.82) is 0 Å². The number of hydrogen-bond acceptors (Lipinski definition) is 1. The van der Waals surface area contributed by atoms with Crippen molar-refractivity contribution >= 4 is 6.29 Å². The van der Waals surface area contributed by atoms with Gasteiger partial charge >= 0.3 is 6.18 Å². The summed E-state index contributed by atoms with van der Waals surface area (Å²) < 4.78 is 31.1. The Labute approximate surface area is 117 Å². The fourth-order valence-electron chi connectivity index (χ4n) is 1.26. The number of carbonyl (C=O) groups is 1. The Morgan fingerprint density at radius 3 is 1.20 bits per heavy atom. The van der Waals surface area contributed by atoms with Gasteiger partial charge in [-0.15, -0.1) is 0 Å². The van der Waals surface area contributed by atoms with E-state index in [0.717, 1.165) is 6.29 Å². The molecule has 0 N–H and O–H groups in total. The lowest BCUT2D eigenvalue weighted by molar-refractivity contribution is -0.110. The number of hydrogen-bond donors (Lipinski definition) is 0. The number of aldehydes is 1. The summed E-state index contributed by atoms with van der Waals surface area (Å²) in [6.07, 6.45) is -3.25. The van der Waals surface area contributed by atoms with E-state index in [2.05, 4.69) is 48.5 Å². The zero-order chi connectivity index (χ0) is 15.4. The molecule has 2 aromatic rings. The lowest BCUT2D eigenvalue weighted by atomic mass is 10.1. The summed E-state index contributed by atoms with van der Waals surface area (Å²) in [5.41, 5.74) is 2.55. The lowest BCUT2D eigenvalue weighted by Gasteiger charge is -1.98. The highest BCUT2D eigenvalue weighted by atomic mass is 19.4. The largest absolute Gasteiger partial charge is 0.386 e. The zero-order valence-corrected chi connectivity index (χ0v) is 11.4. The average Bonchev–Trinajstić information content (AvgIpc) is 2.40. The molecule has 0 spiro atoms. The van der Waals surface area contributed by atoms with Gasteiger partial charge in [0.15, 0.2) is 0 Å². The number of carbonyl (C=O) groups excluding carboxylic acids is 1. The molecule has 0 aliphatic heterocycles. The summed E-state index contributed by atoms with van der Waals surface area (Å²) in [7, 11) is 0. The quantitative estimate of drug-likeness (QED) is 0.663.